The van der Waals surface area contributed by atoms with Crippen LogP contribution in [-0.4, -0.2) is 38.8 Å². The topological polar surface area (TPSA) is 50.1 Å². The van der Waals surface area contributed by atoms with Crippen molar-refractivity contribution in [3.63, 3.8) is 0 Å². The van der Waals surface area contributed by atoms with Crippen LogP contribution in [0.3, 0.4) is 0 Å². The van der Waals surface area contributed by atoms with Gasteiger partial charge in [-0.15, -0.1) is 11.8 Å². The highest BCUT2D eigenvalue weighted by Gasteiger charge is 2.38. The van der Waals surface area contributed by atoms with Gasteiger partial charge in [-0.25, -0.2) is 0 Å². The fourth-order valence-corrected chi connectivity index (χ4v) is 4.19. The van der Waals surface area contributed by atoms with Crippen molar-refractivity contribution in [3.05, 3.63) is 11.8 Å². The Morgan fingerprint density at radius 1 is 1.67 bits per heavy atom. The van der Waals surface area contributed by atoms with E-state index in [9.17, 15) is 5.11 Å². The van der Waals surface area contributed by atoms with Crippen LogP contribution in [0, 0.1) is 6.92 Å². The molecule has 1 aliphatic rings. The van der Waals surface area contributed by atoms with Gasteiger partial charge in [0.05, 0.1) is 17.3 Å². The summed E-state index contributed by atoms with van der Waals surface area (Å²) < 4.78 is 1.95. The number of nitrogens with one attached hydrogen (secondary N) is 1. The van der Waals surface area contributed by atoms with E-state index in [-0.39, 0.29) is 12.1 Å². The third-order valence-corrected chi connectivity index (χ3v) is 5.02. The minimum Gasteiger partial charge on any atom is -0.394 e. The molecule has 1 fully saturated rings. The molecule has 0 amide bonds. The van der Waals surface area contributed by atoms with Crippen molar-refractivity contribution in [2.45, 2.75) is 48.9 Å². The lowest BCUT2D eigenvalue weighted by atomic mass is 9.99. The lowest BCUT2D eigenvalue weighted by Crippen LogP contribution is -2.46. The van der Waals surface area contributed by atoms with E-state index in [1.54, 1.807) is 0 Å². The molecular weight excluding hydrogens is 246 g/mol. The third-order valence-electron chi connectivity index (χ3n) is 3.66. The first-order valence-electron chi connectivity index (χ1n) is 6.62. The van der Waals surface area contributed by atoms with Crippen molar-refractivity contribution < 1.29 is 5.11 Å². The van der Waals surface area contributed by atoms with Crippen LogP contribution in [0.2, 0.25) is 0 Å². The van der Waals surface area contributed by atoms with E-state index in [0.29, 0.717) is 5.25 Å². The molecule has 4 nitrogen and oxygen atoms in total. The molecule has 1 aromatic rings. The van der Waals surface area contributed by atoms with Crippen LogP contribution in [0.5, 0.6) is 0 Å². The highest BCUT2D eigenvalue weighted by Crippen LogP contribution is 2.40. The molecule has 2 rings (SSSR count). The second kappa shape index (κ2) is 5.63. The van der Waals surface area contributed by atoms with E-state index in [1.807, 2.05) is 30.4 Å². The first-order valence-corrected chi connectivity index (χ1v) is 7.50. The van der Waals surface area contributed by atoms with Gasteiger partial charge in [0.15, 0.2) is 0 Å². The quantitative estimate of drug-likeness (QED) is 0.854. The van der Waals surface area contributed by atoms with Crippen molar-refractivity contribution in [1.82, 2.24) is 15.1 Å². The summed E-state index contributed by atoms with van der Waals surface area (Å²) in [4.78, 5) is 0. The summed E-state index contributed by atoms with van der Waals surface area (Å²) in [7, 11) is 1.99. The molecule has 0 aliphatic heterocycles. The van der Waals surface area contributed by atoms with Gasteiger partial charge in [-0.2, -0.15) is 5.10 Å². The zero-order chi connectivity index (χ0) is 13.2. The van der Waals surface area contributed by atoms with Gasteiger partial charge >= 0.3 is 0 Å². The van der Waals surface area contributed by atoms with Gasteiger partial charge in [-0.1, -0.05) is 6.92 Å². The Balaban J connectivity index is 1.99. The smallest absolute Gasteiger partial charge is 0.0942 e. The van der Waals surface area contributed by atoms with E-state index < -0.39 is 0 Å². The van der Waals surface area contributed by atoms with Gasteiger partial charge in [0, 0.05) is 17.8 Å². The Morgan fingerprint density at radius 3 is 3.00 bits per heavy atom. The maximum atomic E-state index is 9.60. The van der Waals surface area contributed by atoms with Crippen molar-refractivity contribution in [2.24, 2.45) is 7.05 Å². The first kappa shape index (κ1) is 13.9. The van der Waals surface area contributed by atoms with E-state index in [1.165, 1.54) is 5.03 Å². The van der Waals surface area contributed by atoms with Crippen molar-refractivity contribution in [1.29, 1.82) is 0 Å². The summed E-state index contributed by atoms with van der Waals surface area (Å²) in [5.41, 5.74) is 1.01. The number of likely N-dealkylation sites (N-methyl/N-ethyl adjacent to an activating group) is 1. The molecule has 1 heterocycles. The Bertz CT molecular complexity index is 407. The largest absolute Gasteiger partial charge is 0.394 e. The van der Waals surface area contributed by atoms with Crippen LogP contribution in [0.4, 0.5) is 0 Å². The van der Waals surface area contributed by atoms with Crippen molar-refractivity contribution in [2.75, 3.05) is 13.2 Å². The number of aliphatic hydroxyl groups excluding tert-OH is 1. The third kappa shape index (κ3) is 2.90. The van der Waals surface area contributed by atoms with Crippen LogP contribution < -0.4 is 5.32 Å². The fraction of sp³-hybridized carbons (Fsp3) is 0.769. The maximum absolute atomic E-state index is 9.60. The molecule has 18 heavy (non-hydrogen) atoms. The molecule has 1 aliphatic carbocycles. The van der Waals surface area contributed by atoms with Crippen LogP contribution in [-0.2, 0) is 7.05 Å². The average Bonchev–Trinajstić information content (AvgIpc) is 2.86. The van der Waals surface area contributed by atoms with E-state index >= 15 is 0 Å². The molecule has 0 saturated heterocycles. The number of aliphatic hydroxyl groups is 1. The number of hydrogen-bond donors (Lipinski definition) is 2. The average molecular weight is 269 g/mol. The Kier molecular flexibility index (Phi) is 4.35. The van der Waals surface area contributed by atoms with Gasteiger partial charge in [0.25, 0.3) is 0 Å². The molecule has 0 aromatic carbocycles. The zero-order valence-corrected chi connectivity index (χ0v) is 12.3. The minimum atomic E-state index is -0.0555. The highest BCUT2D eigenvalue weighted by atomic mass is 32.2. The summed E-state index contributed by atoms with van der Waals surface area (Å²) >= 11 is 1.89. The number of nitrogens with zero attached hydrogens (tertiary/aromatic N) is 2. The summed E-state index contributed by atoms with van der Waals surface area (Å²) in [6.07, 6.45) is 3.25. The number of hydrogen-bond acceptors (Lipinski definition) is 4. The van der Waals surface area contributed by atoms with Crippen LogP contribution in [0.25, 0.3) is 0 Å². The predicted molar refractivity (Wildman–Crippen MR) is 74.9 cm³/mol. The highest BCUT2D eigenvalue weighted by molar-refractivity contribution is 7.99. The van der Waals surface area contributed by atoms with Crippen molar-refractivity contribution in [3.8, 4) is 0 Å². The van der Waals surface area contributed by atoms with E-state index in [2.05, 4.69) is 23.4 Å². The molecule has 2 atom stereocenters. The van der Waals surface area contributed by atoms with Crippen LogP contribution >= 0.6 is 11.8 Å². The number of rotatable bonds is 5. The lowest BCUT2D eigenvalue weighted by Gasteiger charge is -2.27. The molecule has 0 radical (unpaired) electrons. The molecule has 0 bridgehead atoms. The normalized spacial score (nSPS) is 27.9. The molecular formula is C13H23N3OS. The summed E-state index contributed by atoms with van der Waals surface area (Å²) in [5.74, 6) is 0. The molecule has 5 heteroatoms. The number of aromatic nitrogens is 2. The molecule has 0 spiro atoms. The van der Waals surface area contributed by atoms with Crippen molar-refractivity contribution >= 4 is 11.8 Å². The van der Waals surface area contributed by atoms with E-state index in [0.717, 1.165) is 31.5 Å². The standard InChI is InChI=1S/C13H23N3OS/c1-4-14-13(9-17)6-5-11(8-13)18-12-7-10(2)15-16(12)3/h7,11,14,17H,4-6,8-9H2,1-3H3. The Hall–Kier alpha value is -0.520. The molecule has 2 N–H and O–H groups in total. The van der Waals surface area contributed by atoms with Gasteiger partial charge in [-0.3, -0.25) is 4.68 Å². The van der Waals surface area contributed by atoms with Gasteiger partial charge in [0.1, 0.15) is 0 Å². The monoisotopic (exact) mass is 269 g/mol. The molecule has 1 saturated carbocycles. The van der Waals surface area contributed by atoms with E-state index in [4.69, 9.17) is 0 Å². The maximum Gasteiger partial charge on any atom is 0.0942 e. The van der Waals surface area contributed by atoms with Gasteiger partial charge in [-0.05, 0) is 38.8 Å². The van der Waals surface area contributed by atoms with Crippen LogP contribution in [0.15, 0.2) is 11.1 Å². The Morgan fingerprint density at radius 2 is 2.44 bits per heavy atom. The van der Waals surface area contributed by atoms with Gasteiger partial charge in [0.2, 0.25) is 0 Å². The summed E-state index contributed by atoms with van der Waals surface area (Å²) in [6.45, 7) is 5.28. The molecule has 2 unspecified atom stereocenters. The fourth-order valence-electron chi connectivity index (χ4n) is 2.78. The molecule has 102 valence electrons. The lowest BCUT2D eigenvalue weighted by molar-refractivity contribution is 0.167. The Labute approximate surface area is 113 Å². The molecule has 1 aromatic heterocycles. The number of thioether (sulfide) groups is 1. The zero-order valence-electron chi connectivity index (χ0n) is 11.4. The summed E-state index contributed by atoms with van der Waals surface area (Å²) in [5, 5.41) is 19.2. The van der Waals surface area contributed by atoms with Gasteiger partial charge < -0.3 is 10.4 Å². The van der Waals surface area contributed by atoms with Crippen LogP contribution in [0.1, 0.15) is 31.9 Å². The predicted octanol–water partition coefficient (Wildman–Crippen LogP) is 1.71. The second-order valence-corrected chi connectivity index (χ2v) is 6.52. The summed E-state index contributed by atoms with van der Waals surface area (Å²) in [6, 6.07) is 2.14. The SMILES string of the molecule is CCNC1(CO)CCC(Sc2cc(C)nn2C)C1. The number of aryl methyl sites for hydroxylation is 2. The second-order valence-electron chi connectivity index (χ2n) is 5.20. The minimum absolute atomic E-state index is 0.0555. The first-order chi connectivity index (χ1) is 8.58.